The molecule has 3 aliphatic heterocycles. The zero-order valence-electron chi connectivity index (χ0n) is 19.9. The molecular weight excluding hydrogens is 388 g/mol. The van der Waals surface area contributed by atoms with Gasteiger partial charge in [-0.25, -0.2) is 0 Å². The second-order valence-electron chi connectivity index (χ2n) is 13.4. The standard InChI is InChI=1S/C27H42O4/c1-15-5-10-27(29-14-15)16(2)23-21(30-27)12-20-18-11-22-26(31-22)13-17(28)6-9-25(26,4)19(18)7-8-24(20,23)3/h15-23,28H,5-14H2,1-4H3/t15?,16-,17-,18+,19-,20-,21-,22?,23-,24-,25+,26?,27+/m0/s1. The van der Waals surface area contributed by atoms with Crippen molar-refractivity contribution in [1.82, 2.24) is 0 Å². The van der Waals surface area contributed by atoms with Gasteiger partial charge in [0.25, 0.3) is 0 Å². The first kappa shape index (κ1) is 20.2. The Morgan fingerprint density at radius 1 is 0.903 bits per heavy atom. The first-order chi connectivity index (χ1) is 14.7. The Balaban J connectivity index is 1.18. The number of hydrogen-bond acceptors (Lipinski definition) is 4. The molecule has 0 amide bonds. The molecule has 3 unspecified atom stereocenters. The van der Waals surface area contributed by atoms with E-state index in [9.17, 15) is 5.11 Å². The summed E-state index contributed by atoms with van der Waals surface area (Å²) in [6, 6.07) is 0. The summed E-state index contributed by atoms with van der Waals surface area (Å²) in [6.45, 7) is 10.8. The van der Waals surface area contributed by atoms with Gasteiger partial charge in [-0.2, -0.15) is 0 Å². The number of aliphatic hydroxyl groups is 1. The van der Waals surface area contributed by atoms with Gasteiger partial charge < -0.3 is 19.3 Å². The molecule has 0 radical (unpaired) electrons. The molecule has 7 fully saturated rings. The molecule has 4 heteroatoms. The van der Waals surface area contributed by atoms with Gasteiger partial charge in [0.1, 0.15) is 5.60 Å². The van der Waals surface area contributed by atoms with Crippen LogP contribution in [0.3, 0.4) is 0 Å². The van der Waals surface area contributed by atoms with E-state index in [0.717, 1.165) is 50.0 Å². The van der Waals surface area contributed by atoms with Crippen molar-refractivity contribution in [3.63, 3.8) is 0 Å². The van der Waals surface area contributed by atoms with Gasteiger partial charge in [0.15, 0.2) is 5.79 Å². The van der Waals surface area contributed by atoms with E-state index in [1.165, 1.54) is 32.1 Å². The predicted octanol–water partition coefficient (Wildman–Crippen LogP) is 4.93. The zero-order chi connectivity index (χ0) is 21.4. The largest absolute Gasteiger partial charge is 0.393 e. The molecule has 1 N–H and O–H groups in total. The van der Waals surface area contributed by atoms with Crippen LogP contribution in [0.2, 0.25) is 0 Å². The average molecular weight is 431 g/mol. The molecule has 174 valence electrons. The average Bonchev–Trinajstić information content (AvgIpc) is 3.25. The summed E-state index contributed by atoms with van der Waals surface area (Å²) in [4.78, 5) is 0. The Morgan fingerprint density at radius 2 is 1.74 bits per heavy atom. The fraction of sp³-hybridized carbons (Fsp3) is 1.00. The van der Waals surface area contributed by atoms with Gasteiger partial charge in [-0.1, -0.05) is 27.7 Å². The van der Waals surface area contributed by atoms with E-state index in [-0.39, 0.29) is 22.9 Å². The lowest BCUT2D eigenvalue weighted by Gasteiger charge is -2.59. The van der Waals surface area contributed by atoms with Crippen molar-refractivity contribution in [2.24, 2.45) is 46.3 Å². The van der Waals surface area contributed by atoms with E-state index < -0.39 is 0 Å². The molecule has 0 aromatic rings. The van der Waals surface area contributed by atoms with E-state index >= 15 is 0 Å². The number of aliphatic hydroxyl groups excluding tert-OH is 1. The van der Waals surface area contributed by atoms with E-state index in [1.54, 1.807) is 0 Å². The topological polar surface area (TPSA) is 51.2 Å². The Morgan fingerprint density at radius 3 is 2.52 bits per heavy atom. The fourth-order valence-corrected chi connectivity index (χ4v) is 10.7. The van der Waals surface area contributed by atoms with Crippen molar-refractivity contribution in [3.05, 3.63) is 0 Å². The molecule has 3 heterocycles. The number of ether oxygens (including phenoxy) is 3. The molecule has 4 saturated carbocycles. The maximum Gasteiger partial charge on any atom is 0.171 e. The minimum Gasteiger partial charge on any atom is -0.393 e. The summed E-state index contributed by atoms with van der Waals surface area (Å²) in [7, 11) is 0. The van der Waals surface area contributed by atoms with Gasteiger partial charge in [-0.15, -0.1) is 0 Å². The number of hydrogen-bond donors (Lipinski definition) is 1. The van der Waals surface area contributed by atoms with Crippen LogP contribution in [-0.2, 0) is 14.2 Å². The highest BCUT2D eigenvalue weighted by atomic mass is 16.7. The van der Waals surface area contributed by atoms with Crippen LogP contribution in [0.15, 0.2) is 0 Å². The lowest BCUT2D eigenvalue weighted by molar-refractivity contribution is -0.273. The Labute approximate surface area is 187 Å². The van der Waals surface area contributed by atoms with Crippen LogP contribution in [0.4, 0.5) is 0 Å². The van der Waals surface area contributed by atoms with Gasteiger partial charge in [-0.3, -0.25) is 0 Å². The molecule has 13 atom stereocenters. The van der Waals surface area contributed by atoms with Gasteiger partial charge in [0.2, 0.25) is 0 Å². The van der Waals surface area contributed by atoms with Gasteiger partial charge >= 0.3 is 0 Å². The fourth-order valence-electron chi connectivity index (χ4n) is 10.7. The monoisotopic (exact) mass is 430 g/mol. The maximum absolute atomic E-state index is 10.4. The molecule has 0 bridgehead atoms. The third-order valence-electron chi connectivity index (χ3n) is 12.3. The second kappa shape index (κ2) is 6.09. The summed E-state index contributed by atoms with van der Waals surface area (Å²) in [5, 5.41) is 10.4. The first-order valence-electron chi connectivity index (χ1n) is 13.4. The van der Waals surface area contributed by atoms with E-state index in [4.69, 9.17) is 14.2 Å². The van der Waals surface area contributed by atoms with Crippen LogP contribution in [0, 0.1) is 46.3 Å². The summed E-state index contributed by atoms with van der Waals surface area (Å²) in [5.41, 5.74) is 0.629. The summed E-state index contributed by atoms with van der Waals surface area (Å²) >= 11 is 0. The van der Waals surface area contributed by atoms with Crippen LogP contribution < -0.4 is 0 Å². The number of fused-ring (bicyclic) bond motifs is 6. The molecule has 4 aliphatic carbocycles. The molecule has 3 saturated heterocycles. The zero-order valence-corrected chi connectivity index (χ0v) is 19.9. The molecular formula is C27H42O4. The molecule has 7 rings (SSSR count). The Hall–Kier alpha value is -0.160. The normalized spacial score (nSPS) is 66.7. The lowest BCUT2D eigenvalue weighted by Crippen LogP contribution is -2.59. The van der Waals surface area contributed by atoms with Crippen molar-refractivity contribution in [3.8, 4) is 0 Å². The van der Waals surface area contributed by atoms with Crippen molar-refractivity contribution < 1.29 is 19.3 Å². The minimum absolute atomic E-state index is 0.00543. The van der Waals surface area contributed by atoms with Crippen molar-refractivity contribution in [1.29, 1.82) is 0 Å². The van der Waals surface area contributed by atoms with Crippen LogP contribution in [-0.4, -0.2) is 41.4 Å². The Bertz CT molecular complexity index is 775. The highest BCUT2D eigenvalue weighted by molar-refractivity contribution is 5.25. The smallest absolute Gasteiger partial charge is 0.171 e. The third-order valence-corrected chi connectivity index (χ3v) is 12.3. The maximum atomic E-state index is 10.4. The van der Waals surface area contributed by atoms with Gasteiger partial charge in [0, 0.05) is 24.2 Å². The summed E-state index contributed by atoms with van der Waals surface area (Å²) < 4.78 is 19.9. The predicted molar refractivity (Wildman–Crippen MR) is 117 cm³/mol. The third kappa shape index (κ3) is 2.32. The highest BCUT2D eigenvalue weighted by Crippen LogP contribution is 2.75. The quantitative estimate of drug-likeness (QED) is 0.554. The van der Waals surface area contributed by atoms with Crippen LogP contribution in [0.5, 0.6) is 0 Å². The molecule has 2 spiro atoms. The minimum atomic E-state index is -0.306. The van der Waals surface area contributed by atoms with Crippen LogP contribution >= 0.6 is 0 Å². The van der Waals surface area contributed by atoms with Crippen LogP contribution in [0.1, 0.15) is 85.5 Å². The SMILES string of the molecule is CC1CC[C@@]2(OC1)O[C@H]1C[C@H]3[C@@H]4CC5OC56C[C@@H](O)CC[C@]6(C)[C@H]4CC[C@]3(C)[C@H]1[C@@H]2C. The number of rotatable bonds is 0. The van der Waals surface area contributed by atoms with Crippen molar-refractivity contribution in [2.45, 2.75) is 115 Å². The van der Waals surface area contributed by atoms with Gasteiger partial charge in [-0.05, 0) is 80.0 Å². The van der Waals surface area contributed by atoms with Crippen molar-refractivity contribution in [2.75, 3.05) is 6.61 Å². The van der Waals surface area contributed by atoms with Crippen LogP contribution in [0.25, 0.3) is 0 Å². The first-order valence-corrected chi connectivity index (χ1v) is 13.4. The Kier molecular flexibility index (Phi) is 3.97. The molecule has 7 aliphatic rings. The number of epoxide rings is 1. The molecule has 31 heavy (non-hydrogen) atoms. The lowest BCUT2D eigenvalue weighted by atomic mass is 9.44. The summed E-state index contributed by atoms with van der Waals surface area (Å²) in [5.74, 6) is 3.78. The van der Waals surface area contributed by atoms with Crippen molar-refractivity contribution >= 4 is 0 Å². The second-order valence-corrected chi connectivity index (χ2v) is 13.4. The highest BCUT2D eigenvalue weighted by Gasteiger charge is 2.77. The molecule has 0 aromatic heterocycles. The summed E-state index contributed by atoms with van der Waals surface area (Å²) in [6.07, 6.45) is 11.0. The van der Waals surface area contributed by atoms with E-state index in [1.807, 2.05) is 0 Å². The molecule has 4 nitrogen and oxygen atoms in total. The van der Waals surface area contributed by atoms with E-state index in [2.05, 4.69) is 27.7 Å². The van der Waals surface area contributed by atoms with E-state index in [0.29, 0.717) is 35.4 Å². The molecule has 0 aromatic carbocycles. The van der Waals surface area contributed by atoms with Gasteiger partial charge in [0.05, 0.1) is 24.9 Å².